The number of carbonyl (C=O) groups is 3. The Hall–Kier alpha value is -3.55. The maximum absolute atomic E-state index is 11.6. The van der Waals surface area contributed by atoms with Crippen LogP contribution in [0.1, 0.15) is 41.5 Å². The number of imide groups is 1. The zero-order valence-electron chi connectivity index (χ0n) is 17.4. The Bertz CT molecular complexity index is 946. The van der Waals surface area contributed by atoms with E-state index >= 15 is 0 Å². The van der Waals surface area contributed by atoms with Crippen LogP contribution in [0.15, 0.2) is 42.5 Å². The molecule has 0 aliphatic carbocycles. The highest BCUT2D eigenvalue weighted by molar-refractivity contribution is 6.21. The predicted octanol–water partition coefficient (Wildman–Crippen LogP) is 3.75. The number of anilines is 2. The van der Waals surface area contributed by atoms with Crippen molar-refractivity contribution in [3.63, 3.8) is 0 Å². The van der Waals surface area contributed by atoms with Gasteiger partial charge < -0.3 is 14.8 Å². The third-order valence-electron chi connectivity index (χ3n) is 4.30. The molecule has 158 valence electrons. The molecule has 0 spiro atoms. The van der Waals surface area contributed by atoms with Crippen molar-refractivity contribution in [2.45, 2.75) is 26.4 Å². The van der Waals surface area contributed by atoms with Crippen LogP contribution >= 0.6 is 0 Å². The van der Waals surface area contributed by atoms with Gasteiger partial charge in [-0.2, -0.15) is 0 Å². The molecule has 2 aromatic rings. The molecule has 2 heterocycles. The van der Waals surface area contributed by atoms with Gasteiger partial charge in [0.1, 0.15) is 18.0 Å². The number of nitrogens with zero attached hydrogens (tertiary/aromatic N) is 1. The highest BCUT2D eigenvalue weighted by Gasteiger charge is 2.31. The van der Waals surface area contributed by atoms with Gasteiger partial charge in [-0.15, -0.1) is 0 Å². The van der Waals surface area contributed by atoms with E-state index in [0.717, 1.165) is 22.9 Å². The van der Waals surface area contributed by atoms with E-state index in [4.69, 9.17) is 9.47 Å². The second-order valence-corrected chi connectivity index (χ2v) is 7.83. The van der Waals surface area contributed by atoms with Crippen LogP contribution in [-0.2, 0) is 4.74 Å². The molecule has 3 amide bonds. The number of amides is 3. The van der Waals surface area contributed by atoms with Crippen molar-refractivity contribution in [3.8, 4) is 5.75 Å². The number of benzene rings is 2. The summed E-state index contributed by atoms with van der Waals surface area (Å²) in [6.45, 7) is 6.91. The van der Waals surface area contributed by atoms with E-state index in [1.54, 1.807) is 30.3 Å². The van der Waals surface area contributed by atoms with E-state index in [9.17, 15) is 14.4 Å². The highest BCUT2D eigenvalue weighted by Crippen LogP contribution is 2.30. The molecule has 0 bridgehead atoms. The molecule has 30 heavy (non-hydrogen) atoms. The van der Waals surface area contributed by atoms with Crippen LogP contribution in [0, 0.1) is 0 Å². The third-order valence-corrected chi connectivity index (χ3v) is 4.30. The lowest BCUT2D eigenvalue weighted by molar-refractivity contribution is 0.0633. The first-order chi connectivity index (χ1) is 14.2. The van der Waals surface area contributed by atoms with Crippen molar-refractivity contribution in [2.75, 3.05) is 30.8 Å². The Kier molecular flexibility index (Phi) is 5.96. The molecule has 4 rings (SSSR count). The Labute approximate surface area is 175 Å². The zero-order valence-corrected chi connectivity index (χ0v) is 17.4. The third kappa shape index (κ3) is 4.89. The van der Waals surface area contributed by atoms with Gasteiger partial charge in [0.15, 0.2) is 0 Å². The van der Waals surface area contributed by atoms with Gasteiger partial charge in [-0.25, -0.2) is 4.79 Å². The van der Waals surface area contributed by atoms with E-state index in [1.807, 2.05) is 32.9 Å². The molecule has 0 saturated carbocycles. The van der Waals surface area contributed by atoms with Crippen LogP contribution in [0.2, 0.25) is 0 Å². The summed E-state index contributed by atoms with van der Waals surface area (Å²) in [6, 6.07) is 12.3. The minimum absolute atomic E-state index is 0.212. The number of rotatable bonds is 1. The molecule has 0 atom stereocenters. The molecule has 2 aromatic carbocycles. The van der Waals surface area contributed by atoms with Gasteiger partial charge in [0.2, 0.25) is 0 Å². The smallest absolute Gasteiger partial charge is 0.412 e. The first-order valence-electron chi connectivity index (χ1n) is 9.58. The largest absolute Gasteiger partial charge is 0.490 e. The van der Waals surface area contributed by atoms with Gasteiger partial charge in [0.25, 0.3) is 11.8 Å². The lowest BCUT2D eigenvalue weighted by Gasteiger charge is -2.21. The molecule has 0 unspecified atom stereocenters. The average molecular weight is 411 g/mol. The summed E-state index contributed by atoms with van der Waals surface area (Å²) in [4.78, 5) is 35.4. The number of ether oxygens (including phenoxy) is 2. The van der Waals surface area contributed by atoms with Gasteiger partial charge in [-0.1, -0.05) is 12.1 Å². The van der Waals surface area contributed by atoms with Crippen molar-refractivity contribution in [3.05, 3.63) is 53.6 Å². The summed E-state index contributed by atoms with van der Waals surface area (Å²) in [5.74, 6) is 0.377. The number of carbonyl (C=O) groups excluding carboxylic acids is 3. The van der Waals surface area contributed by atoms with Gasteiger partial charge >= 0.3 is 6.09 Å². The average Bonchev–Trinajstić information content (AvgIpc) is 2.91. The molecule has 0 aromatic heterocycles. The van der Waals surface area contributed by atoms with Crippen molar-refractivity contribution in [1.82, 2.24) is 4.90 Å². The Morgan fingerprint density at radius 1 is 1.10 bits per heavy atom. The van der Waals surface area contributed by atoms with E-state index in [2.05, 4.69) is 10.6 Å². The molecule has 0 saturated heterocycles. The Morgan fingerprint density at radius 2 is 1.73 bits per heavy atom. The second-order valence-electron chi connectivity index (χ2n) is 7.83. The molecule has 2 N–H and O–H groups in total. The second kappa shape index (κ2) is 8.44. The molecular formula is C22H25N3O5. The van der Waals surface area contributed by atoms with Crippen molar-refractivity contribution < 1.29 is 23.9 Å². The SMILES string of the molecule is CC(C)(C)OC(=O)Nc1ccc2c(c1)NCCO2.CN1C(=O)c2ccccc2C1=O. The van der Waals surface area contributed by atoms with Crippen molar-refractivity contribution in [2.24, 2.45) is 0 Å². The fourth-order valence-electron chi connectivity index (χ4n) is 2.95. The maximum atomic E-state index is 11.6. The lowest BCUT2D eigenvalue weighted by atomic mass is 10.1. The van der Waals surface area contributed by atoms with Crippen LogP contribution in [0.25, 0.3) is 0 Å². The van der Waals surface area contributed by atoms with E-state index < -0.39 is 11.7 Å². The van der Waals surface area contributed by atoms with Crippen LogP contribution in [0.3, 0.4) is 0 Å². The summed E-state index contributed by atoms with van der Waals surface area (Å²) >= 11 is 0. The van der Waals surface area contributed by atoms with Crippen molar-refractivity contribution in [1.29, 1.82) is 0 Å². The molecule has 0 radical (unpaired) electrons. The highest BCUT2D eigenvalue weighted by atomic mass is 16.6. The van der Waals surface area contributed by atoms with Crippen molar-refractivity contribution >= 4 is 29.3 Å². The van der Waals surface area contributed by atoms with Crippen LogP contribution in [0.4, 0.5) is 16.2 Å². The summed E-state index contributed by atoms with van der Waals surface area (Å²) in [6.07, 6.45) is -0.459. The summed E-state index contributed by atoms with van der Waals surface area (Å²) in [5.41, 5.74) is 2.07. The maximum Gasteiger partial charge on any atom is 0.412 e. The number of hydrogen-bond acceptors (Lipinski definition) is 6. The van der Waals surface area contributed by atoms with E-state index in [1.165, 1.54) is 7.05 Å². The van der Waals surface area contributed by atoms with Gasteiger partial charge in [0, 0.05) is 19.3 Å². The minimum Gasteiger partial charge on any atom is -0.490 e. The summed E-state index contributed by atoms with van der Waals surface area (Å²) in [7, 11) is 1.49. The molecule has 2 aliphatic heterocycles. The molecular weight excluding hydrogens is 386 g/mol. The standard InChI is InChI=1S/C13H18N2O3.C9H7NO2/c1-13(2,3)18-12(16)15-9-4-5-11-10(8-9)14-6-7-17-11;1-10-8(11)6-4-2-3-5-7(6)9(10)12/h4-5,8,14H,6-7H2,1-3H3,(H,15,16);2-5H,1H3. The topological polar surface area (TPSA) is 97.0 Å². The minimum atomic E-state index is -0.500. The monoisotopic (exact) mass is 411 g/mol. The fraction of sp³-hybridized carbons (Fsp3) is 0.318. The number of hydrogen-bond donors (Lipinski definition) is 2. The first-order valence-corrected chi connectivity index (χ1v) is 9.58. The molecule has 0 fully saturated rings. The van der Waals surface area contributed by atoms with E-state index in [0.29, 0.717) is 23.4 Å². The Balaban J connectivity index is 0.000000184. The molecule has 8 heteroatoms. The normalized spacial score (nSPS) is 14.5. The lowest BCUT2D eigenvalue weighted by Crippen LogP contribution is -2.27. The number of nitrogens with one attached hydrogen (secondary N) is 2. The zero-order chi connectivity index (χ0) is 21.9. The number of fused-ring (bicyclic) bond motifs is 2. The van der Waals surface area contributed by atoms with Crippen LogP contribution in [-0.4, -0.2) is 48.6 Å². The Morgan fingerprint density at radius 3 is 2.33 bits per heavy atom. The predicted molar refractivity (Wildman–Crippen MR) is 113 cm³/mol. The molecule has 8 nitrogen and oxygen atoms in total. The van der Waals surface area contributed by atoms with E-state index in [-0.39, 0.29) is 11.8 Å². The first kappa shape index (κ1) is 21.2. The fourth-order valence-corrected chi connectivity index (χ4v) is 2.95. The van der Waals surface area contributed by atoms with Gasteiger partial charge in [0.05, 0.1) is 16.8 Å². The quantitative estimate of drug-likeness (QED) is 0.694. The molecule has 2 aliphatic rings. The van der Waals surface area contributed by atoms with Gasteiger partial charge in [-0.05, 0) is 51.1 Å². The summed E-state index contributed by atoms with van der Waals surface area (Å²) in [5, 5.41) is 5.90. The van der Waals surface area contributed by atoms with Gasteiger partial charge in [-0.3, -0.25) is 19.8 Å². The van der Waals surface area contributed by atoms with Crippen LogP contribution in [0.5, 0.6) is 5.75 Å². The van der Waals surface area contributed by atoms with Crippen LogP contribution < -0.4 is 15.4 Å². The summed E-state index contributed by atoms with van der Waals surface area (Å²) < 4.78 is 10.6.